The van der Waals surface area contributed by atoms with Crippen molar-refractivity contribution in [2.75, 3.05) is 6.54 Å². The molecule has 104 valence electrons. The Bertz CT molecular complexity index is 671. The van der Waals surface area contributed by atoms with Crippen molar-refractivity contribution in [3.05, 3.63) is 71.3 Å². The summed E-state index contributed by atoms with van der Waals surface area (Å²) >= 11 is 0. The van der Waals surface area contributed by atoms with E-state index in [1.165, 1.54) is 5.56 Å². The Kier molecular flexibility index (Phi) is 3.70. The van der Waals surface area contributed by atoms with E-state index in [9.17, 15) is 4.79 Å². The van der Waals surface area contributed by atoms with Crippen molar-refractivity contribution in [2.24, 2.45) is 0 Å². The molecule has 0 radical (unpaired) electrons. The van der Waals surface area contributed by atoms with Gasteiger partial charge < -0.3 is 4.90 Å². The molecule has 2 aromatic rings. The average molecular weight is 276 g/mol. The average Bonchev–Trinajstić information content (AvgIpc) is 3.04. The fraction of sp³-hybridized carbons (Fsp3) is 0.222. The number of likely N-dealkylation sites (tertiary alicyclic amines) is 1. The molecule has 1 fully saturated rings. The van der Waals surface area contributed by atoms with Gasteiger partial charge in [0.2, 0.25) is 0 Å². The van der Waals surface area contributed by atoms with Gasteiger partial charge in [0.05, 0.1) is 17.7 Å². The van der Waals surface area contributed by atoms with E-state index < -0.39 is 0 Å². The van der Waals surface area contributed by atoms with Crippen molar-refractivity contribution in [3.8, 4) is 6.07 Å². The number of amides is 1. The van der Waals surface area contributed by atoms with Gasteiger partial charge >= 0.3 is 0 Å². The van der Waals surface area contributed by atoms with Gasteiger partial charge in [0.1, 0.15) is 0 Å². The summed E-state index contributed by atoms with van der Waals surface area (Å²) in [5.74, 6) is 0.0471. The van der Waals surface area contributed by atoms with Gasteiger partial charge in [-0.05, 0) is 42.7 Å². The van der Waals surface area contributed by atoms with Crippen LogP contribution in [0.5, 0.6) is 0 Å². The molecule has 1 aliphatic rings. The maximum Gasteiger partial charge on any atom is 0.254 e. The molecule has 21 heavy (non-hydrogen) atoms. The molecule has 0 N–H and O–H groups in total. The monoisotopic (exact) mass is 276 g/mol. The minimum Gasteiger partial charge on any atom is -0.332 e. The quantitative estimate of drug-likeness (QED) is 0.842. The Morgan fingerprint density at radius 3 is 2.48 bits per heavy atom. The summed E-state index contributed by atoms with van der Waals surface area (Å²) in [7, 11) is 0. The maximum absolute atomic E-state index is 12.7. The molecule has 0 spiro atoms. The number of benzene rings is 2. The lowest BCUT2D eigenvalue weighted by molar-refractivity contribution is 0.0735. The molecule has 0 saturated carbocycles. The highest BCUT2D eigenvalue weighted by atomic mass is 16.2. The van der Waals surface area contributed by atoms with Gasteiger partial charge in [0.25, 0.3) is 5.91 Å². The Labute approximate surface area is 124 Å². The SMILES string of the molecule is N#Cc1ccc(C(=O)N2CCC[C@H]2c2ccccc2)cc1. The zero-order valence-electron chi connectivity index (χ0n) is 11.7. The first kappa shape index (κ1) is 13.4. The largest absolute Gasteiger partial charge is 0.332 e. The van der Waals surface area contributed by atoms with Crippen LogP contribution >= 0.6 is 0 Å². The fourth-order valence-electron chi connectivity index (χ4n) is 2.88. The number of nitrogens with zero attached hydrogens (tertiary/aromatic N) is 2. The van der Waals surface area contributed by atoms with Gasteiger partial charge in [0, 0.05) is 12.1 Å². The minimum atomic E-state index is 0.0471. The van der Waals surface area contributed by atoms with Crippen LogP contribution in [0.2, 0.25) is 0 Å². The molecule has 1 atom stereocenters. The molecule has 1 amide bonds. The predicted octanol–water partition coefficient (Wildman–Crippen LogP) is 3.54. The molecule has 1 heterocycles. The minimum absolute atomic E-state index is 0.0471. The van der Waals surface area contributed by atoms with E-state index >= 15 is 0 Å². The second-order valence-electron chi connectivity index (χ2n) is 5.26. The first-order valence-electron chi connectivity index (χ1n) is 7.15. The van der Waals surface area contributed by atoms with Gasteiger partial charge in [-0.15, -0.1) is 0 Å². The molecule has 2 aromatic carbocycles. The molecule has 3 nitrogen and oxygen atoms in total. The summed E-state index contributed by atoms with van der Waals surface area (Å²) in [6.45, 7) is 0.790. The van der Waals surface area contributed by atoms with E-state index in [-0.39, 0.29) is 11.9 Å². The summed E-state index contributed by atoms with van der Waals surface area (Å²) < 4.78 is 0. The molecule has 0 aromatic heterocycles. The summed E-state index contributed by atoms with van der Waals surface area (Å²) in [4.78, 5) is 14.6. The van der Waals surface area contributed by atoms with Crippen LogP contribution in [0.4, 0.5) is 0 Å². The molecule has 3 rings (SSSR count). The Hall–Kier alpha value is -2.60. The van der Waals surface area contributed by atoms with Crippen LogP contribution in [0.1, 0.15) is 40.4 Å². The molecular weight excluding hydrogens is 260 g/mol. The summed E-state index contributed by atoms with van der Waals surface area (Å²) in [5.41, 5.74) is 2.42. The molecular formula is C18H16N2O. The van der Waals surface area contributed by atoms with Crippen molar-refractivity contribution >= 4 is 5.91 Å². The van der Waals surface area contributed by atoms with E-state index in [0.29, 0.717) is 11.1 Å². The predicted molar refractivity (Wildman–Crippen MR) is 80.6 cm³/mol. The van der Waals surface area contributed by atoms with Gasteiger partial charge in [-0.2, -0.15) is 5.26 Å². The van der Waals surface area contributed by atoms with E-state index in [1.807, 2.05) is 23.1 Å². The molecule has 1 saturated heterocycles. The number of carbonyl (C=O) groups excluding carboxylic acids is 1. The van der Waals surface area contributed by atoms with Crippen LogP contribution in [0.3, 0.4) is 0 Å². The number of hydrogen-bond donors (Lipinski definition) is 0. The van der Waals surface area contributed by atoms with Crippen LogP contribution in [-0.2, 0) is 0 Å². The lowest BCUT2D eigenvalue weighted by Gasteiger charge is -2.25. The highest BCUT2D eigenvalue weighted by Gasteiger charge is 2.30. The Balaban J connectivity index is 1.84. The summed E-state index contributed by atoms with van der Waals surface area (Å²) in [5, 5.41) is 8.82. The number of carbonyl (C=O) groups is 1. The van der Waals surface area contributed by atoms with Crippen LogP contribution in [-0.4, -0.2) is 17.4 Å². The highest BCUT2D eigenvalue weighted by Crippen LogP contribution is 2.32. The van der Waals surface area contributed by atoms with Crippen molar-refractivity contribution < 1.29 is 4.79 Å². The van der Waals surface area contributed by atoms with Crippen molar-refractivity contribution in [3.63, 3.8) is 0 Å². The van der Waals surface area contributed by atoms with Gasteiger partial charge in [0.15, 0.2) is 0 Å². The maximum atomic E-state index is 12.7. The smallest absolute Gasteiger partial charge is 0.254 e. The van der Waals surface area contributed by atoms with Gasteiger partial charge in [-0.25, -0.2) is 0 Å². The number of hydrogen-bond acceptors (Lipinski definition) is 2. The third-order valence-electron chi connectivity index (χ3n) is 3.96. The van der Waals surface area contributed by atoms with E-state index in [0.717, 1.165) is 19.4 Å². The highest BCUT2D eigenvalue weighted by molar-refractivity contribution is 5.94. The van der Waals surface area contributed by atoms with E-state index in [1.54, 1.807) is 24.3 Å². The third kappa shape index (κ3) is 2.66. The van der Waals surface area contributed by atoms with Crippen LogP contribution in [0.15, 0.2) is 54.6 Å². The van der Waals surface area contributed by atoms with Crippen molar-refractivity contribution in [2.45, 2.75) is 18.9 Å². The molecule has 3 heteroatoms. The second kappa shape index (κ2) is 5.80. The number of nitriles is 1. The molecule has 0 unspecified atom stereocenters. The third-order valence-corrected chi connectivity index (χ3v) is 3.96. The fourth-order valence-corrected chi connectivity index (χ4v) is 2.88. The summed E-state index contributed by atoms with van der Waals surface area (Å²) in [6.07, 6.45) is 2.04. The van der Waals surface area contributed by atoms with Crippen LogP contribution < -0.4 is 0 Å². The van der Waals surface area contributed by atoms with Gasteiger partial charge in [-0.1, -0.05) is 30.3 Å². The number of rotatable bonds is 2. The molecule has 0 aliphatic carbocycles. The molecule has 0 bridgehead atoms. The van der Waals surface area contributed by atoms with Crippen molar-refractivity contribution in [1.82, 2.24) is 4.90 Å². The zero-order valence-corrected chi connectivity index (χ0v) is 11.7. The first-order chi connectivity index (χ1) is 10.3. The van der Waals surface area contributed by atoms with E-state index in [4.69, 9.17) is 5.26 Å². The standard InChI is InChI=1S/C18H16N2O/c19-13-14-8-10-16(11-9-14)18(21)20-12-4-7-17(20)15-5-2-1-3-6-15/h1-3,5-6,8-11,17H,4,7,12H2/t17-/m0/s1. The lowest BCUT2D eigenvalue weighted by atomic mass is 10.0. The Morgan fingerprint density at radius 2 is 1.81 bits per heavy atom. The normalized spacial score (nSPS) is 17.5. The zero-order chi connectivity index (χ0) is 14.7. The second-order valence-corrected chi connectivity index (χ2v) is 5.26. The molecule has 1 aliphatic heterocycles. The van der Waals surface area contributed by atoms with Crippen molar-refractivity contribution in [1.29, 1.82) is 5.26 Å². The first-order valence-corrected chi connectivity index (χ1v) is 7.15. The lowest BCUT2D eigenvalue weighted by Crippen LogP contribution is -2.30. The van der Waals surface area contributed by atoms with Gasteiger partial charge in [-0.3, -0.25) is 4.79 Å². The van der Waals surface area contributed by atoms with E-state index in [2.05, 4.69) is 18.2 Å². The summed E-state index contributed by atoms with van der Waals surface area (Å²) in [6, 6.07) is 19.3. The van der Waals surface area contributed by atoms with Crippen LogP contribution in [0, 0.1) is 11.3 Å². The van der Waals surface area contributed by atoms with Crippen LogP contribution in [0.25, 0.3) is 0 Å². The Morgan fingerprint density at radius 1 is 1.10 bits per heavy atom. The topological polar surface area (TPSA) is 44.1 Å².